The highest BCUT2D eigenvalue weighted by Crippen LogP contribution is 2.23. The maximum Gasteiger partial charge on any atom is 0.133 e. The van der Waals surface area contributed by atoms with Crippen LogP contribution in [0.4, 0.5) is 13.2 Å². The lowest BCUT2D eigenvalue weighted by Gasteiger charge is -2.14. The van der Waals surface area contributed by atoms with Crippen LogP contribution in [-0.4, -0.2) is 4.98 Å². The number of benzene rings is 1. The maximum atomic E-state index is 13.6. The predicted molar refractivity (Wildman–Crippen MR) is 65.9 cm³/mol. The Bertz CT molecular complexity index is 576. The molecular formula is C14H13F3N2. The first-order chi connectivity index (χ1) is 8.99. The van der Waals surface area contributed by atoms with Gasteiger partial charge in [-0.15, -0.1) is 0 Å². The first-order valence-corrected chi connectivity index (χ1v) is 5.79. The molecule has 0 bridgehead atoms. The average Bonchev–Trinajstić information content (AvgIpc) is 2.30. The summed E-state index contributed by atoms with van der Waals surface area (Å²) in [6.45, 7) is 1.84. The Kier molecular flexibility index (Phi) is 3.85. The normalized spacial score (nSPS) is 12.5. The van der Waals surface area contributed by atoms with Crippen LogP contribution in [0.2, 0.25) is 0 Å². The second-order valence-corrected chi connectivity index (χ2v) is 4.36. The molecule has 0 amide bonds. The number of pyridine rings is 1. The molecule has 0 aliphatic rings. The minimum atomic E-state index is -0.974. The third-order valence-corrected chi connectivity index (χ3v) is 2.95. The van der Waals surface area contributed by atoms with E-state index in [9.17, 15) is 13.2 Å². The molecule has 1 atom stereocenters. The van der Waals surface area contributed by atoms with Gasteiger partial charge < -0.3 is 5.73 Å². The summed E-state index contributed by atoms with van der Waals surface area (Å²) >= 11 is 0. The monoisotopic (exact) mass is 266 g/mol. The van der Waals surface area contributed by atoms with Crippen molar-refractivity contribution >= 4 is 0 Å². The van der Waals surface area contributed by atoms with Gasteiger partial charge in [-0.05, 0) is 18.6 Å². The fraction of sp³-hybridized carbons (Fsp3) is 0.214. The van der Waals surface area contributed by atoms with Gasteiger partial charge in [-0.1, -0.05) is 6.07 Å². The molecule has 1 unspecified atom stereocenters. The number of aromatic nitrogens is 1. The summed E-state index contributed by atoms with van der Waals surface area (Å²) in [6.07, 6.45) is 1.78. The van der Waals surface area contributed by atoms with E-state index >= 15 is 0 Å². The Morgan fingerprint density at radius 3 is 2.42 bits per heavy atom. The van der Waals surface area contributed by atoms with Gasteiger partial charge in [0.25, 0.3) is 0 Å². The molecule has 19 heavy (non-hydrogen) atoms. The van der Waals surface area contributed by atoms with E-state index in [2.05, 4.69) is 4.98 Å². The molecule has 0 aliphatic carbocycles. The van der Waals surface area contributed by atoms with E-state index in [0.717, 1.165) is 5.56 Å². The number of nitrogens with zero attached hydrogens (tertiary/aromatic N) is 1. The summed E-state index contributed by atoms with van der Waals surface area (Å²) in [5, 5.41) is 0. The van der Waals surface area contributed by atoms with E-state index in [1.165, 1.54) is 0 Å². The zero-order chi connectivity index (χ0) is 14.0. The number of aryl methyl sites for hydroxylation is 1. The Balaban J connectivity index is 2.31. The van der Waals surface area contributed by atoms with E-state index in [1.807, 2.05) is 13.0 Å². The van der Waals surface area contributed by atoms with Gasteiger partial charge >= 0.3 is 0 Å². The molecule has 0 saturated carbocycles. The highest BCUT2D eigenvalue weighted by Gasteiger charge is 2.19. The SMILES string of the molecule is Cc1cccnc1CC(N)c1c(F)cc(F)cc1F. The molecule has 2 nitrogen and oxygen atoms in total. The fourth-order valence-corrected chi connectivity index (χ4v) is 1.95. The lowest BCUT2D eigenvalue weighted by molar-refractivity contribution is 0.500. The quantitative estimate of drug-likeness (QED) is 0.927. The van der Waals surface area contributed by atoms with E-state index < -0.39 is 23.5 Å². The molecule has 1 aromatic carbocycles. The van der Waals surface area contributed by atoms with Crippen LogP contribution in [0.25, 0.3) is 0 Å². The minimum absolute atomic E-state index is 0.187. The second-order valence-electron chi connectivity index (χ2n) is 4.36. The molecule has 0 radical (unpaired) electrons. The van der Waals surface area contributed by atoms with Crippen molar-refractivity contribution in [3.05, 3.63) is 64.7 Å². The molecule has 0 saturated heterocycles. The van der Waals surface area contributed by atoms with Crippen molar-refractivity contribution in [2.45, 2.75) is 19.4 Å². The molecular weight excluding hydrogens is 253 g/mol. The summed E-state index contributed by atoms with van der Waals surface area (Å²) in [6, 6.07) is 3.96. The van der Waals surface area contributed by atoms with Crippen molar-refractivity contribution in [2.75, 3.05) is 0 Å². The Hall–Kier alpha value is -1.88. The van der Waals surface area contributed by atoms with Crippen molar-refractivity contribution in [1.82, 2.24) is 4.98 Å². The first kappa shape index (κ1) is 13.5. The number of hydrogen-bond acceptors (Lipinski definition) is 2. The fourth-order valence-electron chi connectivity index (χ4n) is 1.95. The molecule has 1 aromatic heterocycles. The van der Waals surface area contributed by atoms with Crippen LogP contribution in [-0.2, 0) is 6.42 Å². The Labute approximate surface area is 109 Å². The zero-order valence-electron chi connectivity index (χ0n) is 10.3. The van der Waals surface area contributed by atoms with Gasteiger partial charge in [0, 0.05) is 42.0 Å². The largest absolute Gasteiger partial charge is 0.323 e. The van der Waals surface area contributed by atoms with Gasteiger partial charge in [0.05, 0.1) is 0 Å². The number of rotatable bonds is 3. The highest BCUT2D eigenvalue weighted by atomic mass is 19.1. The molecule has 2 rings (SSSR count). The van der Waals surface area contributed by atoms with Gasteiger partial charge in [-0.3, -0.25) is 4.98 Å². The van der Waals surface area contributed by atoms with Gasteiger partial charge in [-0.2, -0.15) is 0 Å². The lowest BCUT2D eigenvalue weighted by atomic mass is 9.99. The Morgan fingerprint density at radius 2 is 1.84 bits per heavy atom. The summed E-state index contributed by atoms with van der Waals surface area (Å²) in [5.41, 5.74) is 7.05. The number of halogens is 3. The molecule has 0 fully saturated rings. The van der Waals surface area contributed by atoms with Gasteiger partial charge in [0.2, 0.25) is 0 Å². The smallest absolute Gasteiger partial charge is 0.133 e. The molecule has 0 spiro atoms. The molecule has 1 heterocycles. The third kappa shape index (κ3) is 2.93. The van der Waals surface area contributed by atoms with Gasteiger partial charge in [0.1, 0.15) is 17.5 Å². The first-order valence-electron chi connectivity index (χ1n) is 5.79. The maximum absolute atomic E-state index is 13.6. The van der Waals surface area contributed by atoms with E-state index in [4.69, 9.17) is 5.73 Å². The standard InChI is InChI=1S/C14H13F3N2/c1-8-3-2-4-19-13(8)7-12(18)14-10(16)5-9(15)6-11(14)17/h2-6,12H,7,18H2,1H3. The van der Waals surface area contributed by atoms with E-state index in [1.54, 1.807) is 12.3 Å². The Morgan fingerprint density at radius 1 is 1.21 bits per heavy atom. The van der Waals surface area contributed by atoms with Crippen molar-refractivity contribution in [2.24, 2.45) is 5.73 Å². The highest BCUT2D eigenvalue weighted by molar-refractivity contribution is 5.27. The lowest BCUT2D eigenvalue weighted by Crippen LogP contribution is -2.18. The van der Waals surface area contributed by atoms with Crippen molar-refractivity contribution in [1.29, 1.82) is 0 Å². The van der Waals surface area contributed by atoms with Crippen LogP contribution in [0.5, 0.6) is 0 Å². The van der Waals surface area contributed by atoms with Gasteiger partial charge in [-0.25, -0.2) is 13.2 Å². The van der Waals surface area contributed by atoms with Crippen molar-refractivity contribution in [3.63, 3.8) is 0 Å². The van der Waals surface area contributed by atoms with Gasteiger partial charge in [0.15, 0.2) is 0 Å². The molecule has 0 aliphatic heterocycles. The van der Waals surface area contributed by atoms with Crippen LogP contribution in [0.3, 0.4) is 0 Å². The molecule has 100 valence electrons. The van der Waals surface area contributed by atoms with Crippen LogP contribution in [0, 0.1) is 24.4 Å². The van der Waals surface area contributed by atoms with Crippen LogP contribution < -0.4 is 5.73 Å². The third-order valence-electron chi connectivity index (χ3n) is 2.95. The van der Waals surface area contributed by atoms with Crippen LogP contribution >= 0.6 is 0 Å². The molecule has 2 N–H and O–H groups in total. The minimum Gasteiger partial charge on any atom is -0.323 e. The summed E-state index contributed by atoms with van der Waals surface area (Å²) in [7, 11) is 0. The average molecular weight is 266 g/mol. The van der Waals surface area contributed by atoms with E-state index in [-0.39, 0.29) is 12.0 Å². The number of nitrogens with two attached hydrogens (primary N) is 1. The van der Waals surface area contributed by atoms with Crippen molar-refractivity contribution < 1.29 is 13.2 Å². The topological polar surface area (TPSA) is 38.9 Å². The summed E-state index contributed by atoms with van der Waals surface area (Å²) in [5.74, 6) is -2.91. The van der Waals surface area contributed by atoms with Crippen molar-refractivity contribution in [3.8, 4) is 0 Å². The second kappa shape index (κ2) is 5.40. The zero-order valence-corrected chi connectivity index (χ0v) is 10.3. The number of hydrogen-bond donors (Lipinski definition) is 1. The van der Waals surface area contributed by atoms with E-state index in [0.29, 0.717) is 17.8 Å². The predicted octanol–water partition coefficient (Wildman–Crippen LogP) is 3.05. The summed E-state index contributed by atoms with van der Waals surface area (Å²) < 4.78 is 40.0. The van der Waals surface area contributed by atoms with Crippen LogP contribution in [0.15, 0.2) is 30.5 Å². The van der Waals surface area contributed by atoms with Crippen LogP contribution in [0.1, 0.15) is 22.9 Å². The molecule has 2 aromatic rings. The summed E-state index contributed by atoms with van der Waals surface area (Å²) in [4.78, 5) is 4.12. The molecule has 5 heteroatoms.